The summed E-state index contributed by atoms with van der Waals surface area (Å²) < 4.78 is 53.0. The molecule has 1 saturated carbocycles. The van der Waals surface area contributed by atoms with Gasteiger partial charge in [-0.15, -0.1) is 0 Å². The number of fused-ring (bicyclic) bond motifs is 2. The predicted octanol–water partition coefficient (Wildman–Crippen LogP) is 4.95. The van der Waals surface area contributed by atoms with Crippen molar-refractivity contribution in [3.8, 4) is 5.75 Å². The van der Waals surface area contributed by atoms with Crippen LogP contribution in [0.2, 0.25) is 0 Å². The van der Waals surface area contributed by atoms with E-state index in [0.29, 0.717) is 11.2 Å². The van der Waals surface area contributed by atoms with Crippen LogP contribution in [0.15, 0.2) is 79.1 Å². The van der Waals surface area contributed by atoms with Crippen LogP contribution in [0.1, 0.15) is 58.9 Å². The van der Waals surface area contributed by atoms with E-state index < -0.39 is 73.0 Å². The van der Waals surface area contributed by atoms with Crippen molar-refractivity contribution >= 4 is 37.0 Å². The van der Waals surface area contributed by atoms with Crippen molar-refractivity contribution in [2.24, 2.45) is 11.8 Å². The first kappa shape index (κ1) is 37.0. The van der Waals surface area contributed by atoms with Crippen molar-refractivity contribution in [1.29, 1.82) is 0 Å². The van der Waals surface area contributed by atoms with Crippen LogP contribution in [-0.4, -0.2) is 62.0 Å². The van der Waals surface area contributed by atoms with Crippen LogP contribution >= 0.6 is 7.75 Å². The molecule has 0 amide bonds. The van der Waals surface area contributed by atoms with Crippen LogP contribution in [0.5, 0.6) is 5.75 Å². The Morgan fingerprint density at radius 3 is 2.25 bits per heavy atom. The number of nitrogens with one attached hydrogen (secondary N) is 1. The molecule has 3 N–H and O–H groups in total. The minimum atomic E-state index is -4.56. The molecule has 276 valence electrons. The zero-order valence-corrected chi connectivity index (χ0v) is 30.5. The van der Waals surface area contributed by atoms with Crippen LogP contribution in [0, 0.1) is 11.8 Å². The Labute approximate surface area is 300 Å². The maximum atomic E-state index is 14.8. The van der Waals surface area contributed by atoms with Gasteiger partial charge in [-0.05, 0) is 43.7 Å². The third-order valence-electron chi connectivity index (χ3n) is 9.05. The Kier molecular flexibility index (Phi) is 10.2. The molecule has 1 saturated heterocycles. The molecule has 15 nitrogen and oxygen atoms in total. The Morgan fingerprint density at radius 1 is 0.942 bits per heavy atom. The molecular formula is C36H42N5O10P. The standard InChI is InChI=1S/C36H42N5O10P/c1-21(2)31(42)47-29-28(26-17-18-27-30(37)38-20-39-41(26)27)48-35(6)34(36(29,35)49-32(43)22(3)4)51-52(45,50-25-15-11-8-12-16-25)40-23(5)33(44)46-19-24-13-9-7-10-14-24/h7-18,20-23,28-29,34H,19H2,1-6H3,(H,40,45)(H2,37,38,39)/t23-,28-,29-,34?,35+,36+,52?/m0/s1. The summed E-state index contributed by atoms with van der Waals surface area (Å²) in [6.07, 6.45) is -2.44. The van der Waals surface area contributed by atoms with E-state index in [-0.39, 0.29) is 18.2 Å². The van der Waals surface area contributed by atoms with Crippen molar-refractivity contribution < 1.29 is 46.9 Å². The van der Waals surface area contributed by atoms with Gasteiger partial charge in [0.2, 0.25) is 5.60 Å². The molecule has 1 aliphatic carbocycles. The van der Waals surface area contributed by atoms with Gasteiger partial charge in [0.25, 0.3) is 0 Å². The normalized spacial score (nSPS) is 25.3. The monoisotopic (exact) mass is 735 g/mol. The number of benzene rings is 2. The largest absolute Gasteiger partial charge is 0.460 e. The molecule has 3 heterocycles. The average molecular weight is 736 g/mol. The molecule has 16 heteroatoms. The molecule has 2 fully saturated rings. The second-order valence-corrected chi connectivity index (χ2v) is 15.2. The van der Waals surface area contributed by atoms with E-state index in [1.807, 2.05) is 18.2 Å². The van der Waals surface area contributed by atoms with Crippen molar-refractivity contribution in [3.63, 3.8) is 0 Å². The second kappa shape index (κ2) is 14.3. The van der Waals surface area contributed by atoms with Crippen molar-refractivity contribution in [1.82, 2.24) is 19.7 Å². The lowest BCUT2D eigenvalue weighted by Gasteiger charge is -2.31. The first-order valence-corrected chi connectivity index (χ1v) is 18.4. The van der Waals surface area contributed by atoms with E-state index in [1.165, 1.54) is 17.8 Å². The van der Waals surface area contributed by atoms with Crippen LogP contribution < -0.4 is 15.3 Å². The van der Waals surface area contributed by atoms with E-state index in [9.17, 15) is 18.9 Å². The molecule has 52 heavy (non-hydrogen) atoms. The Morgan fingerprint density at radius 2 is 1.60 bits per heavy atom. The average Bonchev–Trinajstić information content (AvgIpc) is 3.37. The molecule has 2 aliphatic rings. The highest BCUT2D eigenvalue weighted by Gasteiger charge is 2.91. The number of carbonyl (C=O) groups is 3. The maximum absolute atomic E-state index is 14.8. The van der Waals surface area contributed by atoms with Gasteiger partial charge < -0.3 is 29.2 Å². The predicted molar refractivity (Wildman–Crippen MR) is 186 cm³/mol. The minimum Gasteiger partial charge on any atom is -0.460 e. The Bertz CT molecular complexity index is 1990. The van der Waals surface area contributed by atoms with Gasteiger partial charge in [-0.2, -0.15) is 10.2 Å². The van der Waals surface area contributed by atoms with Crippen LogP contribution in [-0.2, 0) is 49.0 Å². The number of anilines is 1. The molecule has 7 atom stereocenters. The third kappa shape index (κ3) is 6.88. The van der Waals surface area contributed by atoms with E-state index in [0.717, 1.165) is 5.56 Å². The summed E-state index contributed by atoms with van der Waals surface area (Å²) in [6, 6.07) is 19.5. The second-order valence-electron chi connectivity index (χ2n) is 13.6. The van der Waals surface area contributed by atoms with Gasteiger partial charge in [-0.1, -0.05) is 76.2 Å². The minimum absolute atomic E-state index is 0.0194. The van der Waals surface area contributed by atoms with Crippen molar-refractivity contribution in [2.45, 2.75) is 83.7 Å². The quantitative estimate of drug-likeness (QED) is 0.100. The number of nitrogens with two attached hydrogens (primary N) is 1. The number of para-hydroxylation sites is 1. The number of rotatable bonds is 14. The molecule has 1 aliphatic heterocycles. The Balaban J connectivity index is 1.37. The molecule has 0 spiro atoms. The van der Waals surface area contributed by atoms with Crippen molar-refractivity contribution in [3.05, 3.63) is 90.4 Å². The van der Waals surface area contributed by atoms with Crippen LogP contribution in [0.3, 0.4) is 0 Å². The van der Waals surface area contributed by atoms with E-state index >= 15 is 0 Å². The zero-order valence-electron chi connectivity index (χ0n) is 29.6. The number of hydrogen-bond donors (Lipinski definition) is 2. The van der Waals surface area contributed by atoms with Gasteiger partial charge in [-0.3, -0.25) is 18.9 Å². The molecule has 6 rings (SSSR count). The third-order valence-corrected chi connectivity index (χ3v) is 10.7. The molecule has 2 aromatic carbocycles. The first-order valence-electron chi connectivity index (χ1n) is 16.9. The number of nitrogen functional groups attached to an aromatic ring is 1. The molecule has 0 radical (unpaired) electrons. The van der Waals surface area contributed by atoms with E-state index in [2.05, 4.69) is 15.2 Å². The SMILES string of the molecule is CC(C)C(=O)O[C@H]1[C@H](c2ccc3c(N)ncnn23)O[C@]2(C)C(OP(=O)(N[C@@H](C)C(=O)OCc3ccccc3)Oc3ccccc3)[C@]12OC(=O)C(C)C. The number of nitrogens with zero attached hydrogens (tertiary/aromatic N) is 3. The lowest BCUT2D eigenvalue weighted by molar-refractivity contribution is -0.181. The fraction of sp³-hybridized carbons (Fsp3) is 0.417. The molecule has 0 bridgehead atoms. The molecule has 2 aromatic heterocycles. The summed E-state index contributed by atoms with van der Waals surface area (Å²) in [5, 5.41) is 7.02. The fourth-order valence-corrected chi connectivity index (χ4v) is 7.93. The highest BCUT2D eigenvalue weighted by Crippen LogP contribution is 2.71. The van der Waals surface area contributed by atoms with E-state index in [4.69, 9.17) is 33.7 Å². The van der Waals surface area contributed by atoms with Crippen molar-refractivity contribution in [2.75, 3.05) is 5.73 Å². The fourth-order valence-electron chi connectivity index (χ4n) is 6.16. The van der Waals surface area contributed by atoms with Gasteiger partial charge >= 0.3 is 25.7 Å². The lowest BCUT2D eigenvalue weighted by Crippen LogP contribution is -2.45. The summed E-state index contributed by atoms with van der Waals surface area (Å²) >= 11 is 0. The van der Waals surface area contributed by atoms with Gasteiger partial charge in [0.05, 0.1) is 17.5 Å². The summed E-state index contributed by atoms with van der Waals surface area (Å²) in [6.45, 7) is 9.64. The molecule has 4 aromatic rings. The van der Waals surface area contributed by atoms with Crippen LogP contribution in [0.4, 0.5) is 5.82 Å². The number of esters is 3. The number of aromatic nitrogens is 3. The topological polar surface area (TPSA) is 192 Å². The zero-order chi connectivity index (χ0) is 37.4. The summed E-state index contributed by atoms with van der Waals surface area (Å²) in [5.41, 5.74) is 4.37. The van der Waals surface area contributed by atoms with Gasteiger partial charge in [-0.25, -0.2) is 14.1 Å². The van der Waals surface area contributed by atoms with Gasteiger partial charge in [0, 0.05) is 0 Å². The summed E-state index contributed by atoms with van der Waals surface area (Å²) in [7, 11) is -4.56. The smallest absolute Gasteiger partial charge is 0.459 e. The molecule has 2 unspecified atom stereocenters. The number of carbonyl (C=O) groups excluding carboxylic acids is 3. The molecular weight excluding hydrogens is 693 g/mol. The van der Waals surface area contributed by atoms with Crippen LogP contribution in [0.25, 0.3) is 5.52 Å². The summed E-state index contributed by atoms with van der Waals surface area (Å²) in [5.74, 6) is -2.83. The van der Waals surface area contributed by atoms with Gasteiger partial charge in [0.1, 0.15) is 48.1 Å². The number of ether oxygens (including phenoxy) is 4. The first-order chi connectivity index (χ1) is 24.7. The lowest BCUT2D eigenvalue weighted by atomic mass is 10.0. The maximum Gasteiger partial charge on any atom is 0.459 e. The summed E-state index contributed by atoms with van der Waals surface area (Å²) in [4.78, 5) is 44.0. The van der Waals surface area contributed by atoms with E-state index in [1.54, 1.807) is 89.2 Å². The Hall–Kier alpha value is -4.82. The van der Waals surface area contributed by atoms with Gasteiger partial charge in [0.15, 0.2) is 11.9 Å². The number of hydrogen-bond acceptors (Lipinski definition) is 13. The highest BCUT2D eigenvalue weighted by molar-refractivity contribution is 7.52. The highest BCUT2D eigenvalue weighted by atomic mass is 31.2.